The van der Waals surface area contributed by atoms with Crippen molar-refractivity contribution in [3.05, 3.63) is 90.3 Å². The van der Waals surface area contributed by atoms with E-state index in [0.29, 0.717) is 12.1 Å². The van der Waals surface area contributed by atoms with Crippen molar-refractivity contribution in [2.24, 2.45) is 11.7 Å². The van der Waals surface area contributed by atoms with Crippen molar-refractivity contribution in [1.29, 1.82) is 0 Å². The van der Waals surface area contributed by atoms with Crippen LogP contribution in [0.3, 0.4) is 0 Å². The number of carboxylic acid groups (broad SMARTS) is 1. The SMILES string of the molecule is CCC(C)[C@H](NC(=O)C(CC1=CN(C(=O)[C@H](C)N)CN1c1cccc2ccccc12)NC(=O)OCc1ccccc1)[C@@H](O)CC(=O)O. The molecule has 250 valence electrons. The average molecular weight is 646 g/mol. The topological polar surface area (TPSA) is 175 Å². The Morgan fingerprint density at radius 3 is 2.32 bits per heavy atom. The Labute approximate surface area is 274 Å². The standard InChI is InChI=1S/C35H43N5O7/c1-4-22(2)32(30(41)18-31(42)43)38-33(44)28(37-35(46)47-20-24-11-6-5-7-12-24)17-26-19-39(34(45)23(3)36)21-40(26)29-16-10-14-25-13-8-9-15-27(25)29/h5-16,19,22-23,28,30,32,41H,4,17-18,20-21,36H2,1-3H3,(H,37,46)(H,38,44)(H,42,43)/t22?,23-,28?,30-,32-/m0/s1. The monoisotopic (exact) mass is 645 g/mol. The van der Waals surface area contributed by atoms with E-state index in [4.69, 9.17) is 10.5 Å². The van der Waals surface area contributed by atoms with Gasteiger partial charge in [0.05, 0.1) is 30.3 Å². The number of carbonyl (C=O) groups excluding carboxylic acids is 3. The van der Waals surface area contributed by atoms with Crippen LogP contribution in [0.4, 0.5) is 10.5 Å². The van der Waals surface area contributed by atoms with Crippen molar-refractivity contribution in [1.82, 2.24) is 15.5 Å². The molecule has 6 N–H and O–H groups in total. The van der Waals surface area contributed by atoms with Crippen LogP contribution in [0, 0.1) is 5.92 Å². The van der Waals surface area contributed by atoms with Gasteiger partial charge in [-0.1, -0.05) is 87.0 Å². The third-order valence-electron chi connectivity index (χ3n) is 8.27. The number of anilines is 1. The second-order valence-corrected chi connectivity index (χ2v) is 11.8. The number of rotatable bonds is 14. The van der Waals surface area contributed by atoms with Gasteiger partial charge in [0.1, 0.15) is 19.3 Å². The van der Waals surface area contributed by atoms with Crippen LogP contribution < -0.4 is 21.3 Å². The first-order valence-corrected chi connectivity index (χ1v) is 15.7. The molecule has 3 aromatic carbocycles. The maximum absolute atomic E-state index is 14.0. The number of hydrogen-bond donors (Lipinski definition) is 5. The second kappa shape index (κ2) is 16.1. The van der Waals surface area contributed by atoms with Gasteiger partial charge in [-0.2, -0.15) is 0 Å². The molecule has 5 atom stereocenters. The first kappa shape index (κ1) is 34.9. The highest BCUT2D eigenvalue weighted by Gasteiger charge is 2.35. The van der Waals surface area contributed by atoms with Gasteiger partial charge in [0.25, 0.3) is 0 Å². The molecule has 0 saturated carbocycles. The Balaban J connectivity index is 1.67. The number of nitrogens with two attached hydrogens (primary N) is 1. The van der Waals surface area contributed by atoms with Crippen molar-refractivity contribution in [2.75, 3.05) is 11.6 Å². The summed E-state index contributed by atoms with van der Waals surface area (Å²) in [6.07, 6.45) is -0.682. The van der Waals surface area contributed by atoms with Crippen LogP contribution in [-0.4, -0.2) is 69.9 Å². The Morgan fingerprint density at radius 1 is 0.957 bits per heavy atom. The van der Waals surface area contributed by atoms with Crippen LogP contribution >= 0.6 is 0 Å². The third kappa shape index (κ3) is 9.08. The lowest BCUT2D eigenvalue weighted by Gasteiger charge is -2.31. The molecule has 1 heterocycles. The summed E-state index contributed by atoms with van der Waals surface area (Å²) in [6, 6.07) is 19.7. The lowest BCUT2D eigenvalue weighted by atomic mass is 9.92. The normalized spacial score (nSPS) is 16.1. The molecule has 0 radical (unpaired) electrons. The highest BCUT2D eigenvalue weighted by atomic mass is 16.5. The minimum Gasteiger partial charge on any atom is -0.481 e. The molecule has 12 nitrogen and oxygen atoms in total. The summed E-state index contributed by atoms with van der Waals surface area (Å²) in [5.74, 6) is -2.46. The van der Waals surface area contributed by atoms with Crippen LogP contribution in [0.5, 0.6) is 0 Å². The van der Waals surface area contributed by atoms with Crippen molar-refractivity contribution >= 4 is 40.3 Å². The molecule has 3 aromatic rings. The smallest absolute Gasteiger partial charge is 0.408 e. The summed E-state index contributed by atoms with van der Waals surface area (Å²) in [5, 5.41) is 27.4. The average Bonchev–Trinajstić information content (AvgIpc) is 3.48. The first-order valence-electron chi connectivity index (χ1n) is 15.7. The minimum atomic E-state index is -1.37. The number of aliphatic hydroxyl groups is 1. The van der Waals surface area contributed by atoms with Gasteiger partial charge in [-0.25, -0.2) is 4.79 Å². The molecular formula is C35H43N5O7. The fraction of sp³-hybridized carbons (Fsp3) is 0.371. The van der Waals surface area contributed by atoms with E-state index in [1.807, 2.05) is 72.5 Å². The lowest BCUT2D eigenvalue weighted by Crippen LogP contribution is -2.55. The number of aliphatic carboxylic acids is 1. The third-order valence-corrected chi connectivity index (χ3v) is 8.27. The number of amides is 3. The summed E-state index contributed by atoms with van der Waals surface area (Å²) in [7, 11) is 0. The van der Waals surface area contributed by atoms with Crippen molar-refractivity contribution < 1.29 is 34.1 Å². The number of fused-ring (bicyclic) bond motifs is 1. The number of carboxylic acids is 1. The molecule has 0 spiro atoms. The summed E-state index contributed by atoms with van der Waals surface area (Å²) < 4.78 is 5.44. The fourth-order valence-electron chi connectivity index (χ4n) is 5.53. The van der Waals surface area contributed by atoms with Crippen molar-refractivity contribution in [3.8, 4) is 0 Å². The fourth-order valence-corrected chi connectivity index (χ4v) is 5.53. The Kier molecular flexibility index (Phi) is 11.9. The van der Waals surface area contributed by atoms with Gasteiger partial charge >= 0.3 is 12.1 Å². The summed E-state index contributed by atoms with van der Waals surface area (Å²) in [5.41, 5.74) is 8.04. The molecule has 3 amide bonds. The number of alkyl carbamates (subject to hydrolysis) is 1. The number of ether oxygens (including phenoxy) is 1. The quantitative estimate of drug-likeness (QED) is 0.175. The second-order valence-electron chi connectivity index (χ2n) is 11.8. The molecule has 0 aromatic heterocycles. The van der Waals surface area contributed by atoms with Crippen LogP contribution in [0.15, 0.2) is 84.7 Å². The van der Waals surface area contributed by atoms with E-state index < -0.39 is 48.6 Å². The largest absolute Gasteiger partial charge is 0.481 e. The number of hydrogen-bond acceptors (Lipinski definition) is 8. The molecule has 0 fully saturated rings. The van der Waals surface area contributed by atoms with Crippen LogP contribution in [0.2, 0.25) is 0 Å². The van der Waals surface area contributed by atoms with Gasteiger partial charge in [0, 0.05) is 23.7 Å². The minimum absolute atomic E-state index is 0.0324. The zero-order chi connectivity index (χ0) is 34.1. The summed E-state index contributed by atoms with van der Waals surface area (Å²) in [6.45, 7) is 5.35. The summed E-state index contributed by atoms with van der Waals surface area (Å²) in [4.78, 5) is 54.9. The van der Waals surface area contributed by atoms with Crippen LogP contribution in [0.1, 0.15) is 45.6 Å². The van der Waals surface area contributed by atoms with Gasteiger partial charge in [-0.15, -0.1) is 0 Å². The number of aliphatic hydroxyl groups excluding tert-OH is 1. The molecular weight excluding hydrogens is 602 g/mol. The molecule has 2 unspecified atom stereocenters. The Hall–Kier alpha value is -4.94. The number of nitrogens with zero attached hydrogens (tertiary/aromatic N) is 2. The molecule has 0 bridgehead atoms. The van der Waals surface area contributed by atoms with E-state index in [9.17, 15) is 29.4 Å². The van der Waals surface area contributed by atoms with E-state index >= 15 is 0 Å². The number of carbonyl (C=O) groups is 4. The predicted octanol–water partition coefficient (Wildman–Crippen LogP) is 3.69. The highest BCUT2D eigenvalue weighted by molar-refractivity contribution is 5.96. The molecule has 0 saturated heterocycles. The highest BCUT2D eigenvalue weighted by Crippen LogP contribution is 2.34. The molecule has 1 aliphatic rings. The van der Waals surface area contributed by atoms with E-state index in [0.717, 1.165) is 22.0 Å². The van der Waals surface area contributed by atoms with Gasteiger partial charge in [0.15, 0.2) is 0 Å². The van der Waals surface area contributed by atoms with Gasteiger partial charge < -0.3 is 36.2 Å². The Bertz CT molecular complexity index is 1590. The summed E-state index contributed by atoms with van der Waals surface area (Å²) >= 11 is 0. The van der Waals surface area contributed by atoms with E-state index in [1.54, 1.807) is 32.2 Å². The van der Waals surface area contributed by atoms with Crippen LogP contribution in [0.25, 0.3) is 10.8 Å². The number of nitrogens with one attached hydrogen (secondary N) is 2. The maximum Gasteiger partial charge on any atom is 0.408 e. The van der Waals surface area contributed by atoms with Gasteiger partial charge in [-0.3, -0.25) is 19.3 Å². The molecule has 12 heteroatoms. The molecule has 47 heavy (non-hydrogen) atoms. The van der Waals surface area contributed by atoms with Crippen molar-refractivity contribution in [3.63, 3.8) is 0 Å². The van der Waals surface area contributed by atoms with Crippen LogP contribution in [-0.2, 0) is 25.7 Å². The predicted molar refractivity (Wildman–Crippen MR) is 178 cm³/mol. The maximum atomic E-state index is 14.0. The number of benzene rings is 3. The van der Waals surface area contributed by atoms with Gasteiger partial charge in [-0.05, 0) is 29.9 Å². The van der Waals surface area contributed by atoms with E-state index in [-0.39, 0.29) is 31.5 Å². The van der Waals surface area contributed by atoms with E-state index in [2.05, 4.69) is 10.6 Å². The Morgan fingerprint density at radius 2 is 1.64 bits per heavy atom. The van der Waals surface area contributed by atoms with Gasteiger partial charge in [0.2, 0.25) is 11.8 Å². The van der Waals surface area contributed by atoms with Crippen molar-refractivity contribution in [2.45, 2.75) is 70.9 Å². The molecule has 1 aliphatic heterocycles. The first-order chi connectivity index (χ1) is 22.5. The lowest BCUT2D eigenvalue weighted by molar-refractivity contribution is -0.140. The molecule has 0 aliphatic carbocycles. The molecule has 4 rings (SSSR count). The van der Waals surface area contributed by atoms with E-state index in [1.165, 1.54) is 4.90 Å². The zero-order valence-electron chi connectivity index (χ0n) is 26.8. The zero-order valence-corrected chi connectivity index (χ0v) is 26.8.